The van der Waals surface area contributed by atoms with Crippen molar-refractivity contribution in [1.29, 1.82) is 0 Å². The zero-order chi connectivity index (χ0) is 27.1. The maximum absolute atomic E-state index is 13.5. The Hall–Kier alpha value is -4.17. The lowest BCUT2D eigenvalue weighted by Crippen LogP contribution is -2.40. The summed E-state index contributed by atoms with van der Waals surface area (Å²) in [5.41, 5.74) is 3.91. The standard InChI is InChI=1S/C30H29FN2O4S/c1-22-16-23(2)18-27(17-22)33(38(35,36)29-6-4-3-5-7-29)20-30(34)32-19-24-10-14-28(15-11-24)37-21-25-8-12-26(31)13-9-25/h3-18H,19-21H2,1-2H3,(H,32,34). The fourth-order valence-corrected chi connectivity index (χ4v) is 5.39. The molecule has 0 fully saturated rings. The molecule has 0 aliphatic carbocycles. The van der Waals surface area contributed by atoms with Gasteiger partial charge in [-0.15, -0.1) is 0 Å². The van der Waals surface area contributed by atoms with Crippen molar-refractivity contribution in [3.05, 3.63) is 125 Å². The number of rotatable bonds is 10. The van der Waals surface area contributed by atoms with E-state index in [0.29, 0.717) is 18.0 Å². The van der Waals surface area contributed by atoms with Crippen LogP contribution < -0.4 is 14.4 Å². The number of carbonyl (C=O) groups excluding carboxylic acids is 1. The monoisotopic (exact) mass is 532 g/mol. The summed E-state index contributed by atoms with van der Waals surface area (Å²) >= 11 is 0. The Morgan fingerprint density at radius 2 is 1.45 bits per heavy atom. The van der Waals surface area contributed by atoms with Gasteiger partial charge < -0.3 is 10.1 Å². The number of nitrogens with one attached hydrogen (secondary N) is 1. The summed E-state index contributed by atoms with van der Waals surface area (Å²) in [6.07, 6.45) is 0. The van der Waals surface area contributed by atoms with Gasteiger partial charge in [-0.2, -0.15) is 0 Å². The van der Waals surface area contributed by atoms with Crippen molar-refractivity contribution in [1.82, 2.24) is 5.32 Å². The zero-order valence-electron chi connectivity index (χ0n) is 21.2. The van der Waals surface area contributed by atoms with Crippen LogP contribution in [-0.4, -0.2) is 20.9 Å². The molecule has 0 atom stereocenters. The number of amides is 1. The molecule has 0 heterocycles. The average molecular weight is 533 g/mol. The second kappa shape index (κ2) is 11.9. The maximum atomic E-state index is 13.5. The summed E-state index contributed by atoms with van der Waals surface area (Å²) in [6.45, 7) is 3.94. The number of ether oxygens (including phenoxy) is 1. The number of hydrogen-bond donors (Lipinski definition) is 1. The van der Waals surface area contributed by atoms with Crippen LogP contribution in [0.3, 0.4) is 0 Å². The normalized spacial score (nSPS) is 11.1. The molecule has 0 aliphatic heterocycles. The second-order valence-electron chi connectivity index (χ2n) is 9.01. The van der Waals surface area contributed by atoms with Crippen molar-refractivity contribution in [2.45, 2.75) is 31.9 Å². The minimum Gasteiger partial charge on any atom is -0.489 e. The van der Waals surface area contributed by atoms with Gasteiger partial charge in [0.25, 0.3) is 10.0 Å². The van der Waals surface area contributed by atoms with Gasteiger partial charge in [0.1, 0.15) is 24.7 Å². The molecule has 4 rings (SSSR count). The molecule has 0 aliphatic rings. The Morgan fingerprint density at radius 3 is 2.08 bits per heavy atom. The topological polar surface area (TPSA) is 75.7 Å². The highest BCUT2D eigenvalue weighted by Crippen LogP contribution is 2.26. The quantitative estimate of drug-likeness (QED) is 0.291. The number of sulfonamides is 1. The summed E-state index contributed by atoms with van der Waals surface area (Å²) in [4.78, 5) is 13.0. The van der Waals surface area contributed by atoms with Crippen LogP contribution in [0, 0.1) is 19.7 Å². The third-order valence-electron chi connectivity index (χ3n) is 5.84. The molecule has 0 radical (unpaired) electrons. The molecule has 0 saturated carbocycles. The molecular formula is C30H29FN2O4S. The number of aryl methyl sites for hydroxylation is 2. The van der Waals surface area contributed by atoms with E-state index in [0.717, 1.165) is 26.6 Å². The highest BCUT2D eigenvalue weighted by atomic mass is 32.2. The van der Waals surface area contributed by atoms with Gasteiger partial charge in [0.2, 0.25) is 5.91 Å². The summed E-state index contributed by atoms with van der Waals surface area (Å²) in [7, 11) is -3.97. The molecule has 6 nitrogen and oxygen atoms in total. The summed E-state index contributed by atoms with van der Waals surface area (Å²) in [5.74, 6) is -0.0883. The number of nitrogens with zero attached hydrogens (tertiary/aromatic N) is 1. The number of halogens is 1. The second-order valence-corrected chi connectivity index (χ2v) is 10.9. The van der Waals surface area contributed by atoms with E-state index in [1.54, 1.807) is 54.6 Å². The van der Waals surface area contributed by atoms with Gasteiger partial charge in [-0.3, -0.25) is 9.10 Å². The van der Waals surface area contributed by atoms with Gasteiger partial charge in [0, 0.05) is 6.54 Å². The number of hydrogen-bond acceptors (Lipinski definition) is 4. The van der Waals surface area contributed by atoms with Crippen LogP contribution >= 0.6 is 0 Å². The first-order chi connectivity index (χ1) is 18.2. The van der Waals surface area contributed by atoms with Crippen LogP contribution in [0.15, 0.2) is 102 Å². The first-order valence-electron chi connectivity index (χ1n) is 12.1. The Kier molecular flexibility index (Phi) is 8.43. The molecule has 1 N–H and O–H groups in total. The third-order valence-corrected chi connectivity index (χ3v) is 7.63. The molecule has 0 bridgehead atoms. The fraction of sp³-hybridized carbons (Fsp3) is 0.167. The van der Waals surface area contributed by atoms with Crippen molar-refractivity contribution in [2.75, 3.05) is 10.8 Å². The third kappa shape index (κ3) is 6.98. The van der Waals surface area contributed by atoms with E-state index in [2.05, 4.69) is 5.32 Å². The van der Waals surface area contributed by atoms with Gasteiger partial charge >= 0.3 is 0 Å². The lowest BCUT2D eigenvalue weighted by molar-refractivity contribution is -0.119. The van der Waals surface area contributed by atoms with Crippen LogP contribution in [-0.2, 0) is 28.0 Å². The van der Waals surface area contributed by atoms with Crippen LogP contribution in [0.1, 0.15) is 22.3 Å². The SMILES string of the molecule is Cc1cc(C)cc(N(CC(=O)NCc2ccc(OCc3ccc(F)cc3)cc2)S(=O)(=O)c2ccccc2)c1. The summed E-state index contributed by atoms with van der Waals surface area (Å²) in [5, 5.41) is 2.81. The largest absolute Gasteiger partial charge is 0.489 e. The van der Waals surface area contributed by atoms with Gasteiger partial charge in [0.05, 0.1) is 10.6 Å². The Labute approximate surface area is 222 Å². The maximum Gasteiger partial charge on any atom is 0.264 e. The summed E-state index contributed by atoms with van der Waals surface area (Å²) < 4.78 is 46.9. The van der Waals surface area contributed by atoms with E-state index in [9.17, 15) is 17.6 Å². The molecule has 4 aromatic rings. The Balaban J connectivity index is 1.42. The Morgan fingerprint density at radius 1 is 0.842 bits per heavy atom. The first-order valence-corrected chi connectivity index (χ1v) is 13.5. The van der Waals surface area contributed by atoms with Crippen molar-refractivity contribution in [3.63, 3.8) is 0 Å². The molecule has 38 heavy (non-hydrogen) atoms. The van der Waals surface area contributed by atoms with E-state index < -0.39 is 15.9 Å². The highest BCUT2D eigenvalue weighted by Gasteiger charge is 2.27. The van der Waals surface area contributed by atoms with Crippen LogP contribution in [0.4, 0.5) is 10.1 Å². The van der Waals surface area contributed by atoms with Crippen molar-refractivity contribution < 1.29 is 22.3 Å². The zero-order valence-corrected chi connectivity index (χ0v) is 22.0. The van der Waals surface area contributed by atoms with Crippen molar-refractivity contribution in [3.8, 4) is 5.75 Å². The molecule has 0 spiro atoms. The molecule has 8 heteroatoms. The fourth-order valence-electron chi connectivity index (χ4n) is 3.97. The van der Waals surface area contributed by atoms with Crippen LogP contribution in [0.25, 0.3) is 0 Å². The van der Waals surface area contributed by atoms with E-state index in [1.807, 2.05) is 32.0 Å². The molecule has 0 aromatic heterocycles. The van der Waals surface area contributed by atoms with E-state index >= 15 is 0 Å². The van der Waals surface area contributed by atoms with E-state index in [1.165, 1.54) is 24.3 Å². The van der Waals surface area contributed by atoms with Gasteiger partial charge in [-0.25, -0.2) is 12.8 Å². The number of carbonyl (C=O) groups is 1. The first kappa shape index (κ1) is 26.9. The summed E-state index contributed by atoms with van der Waals surface area (Å²) in [6, 6.07) is 26.9. The molecule has 196 valence electrons. The van der Waals surface area contributed by atoms with Gasteiger partial charge in [0.15, 0.2) is 0 Å². The smallest absolute Gasteiger partial charge is 0.264 e. The van der Waals surface area contributed by atoms with E-state index in [4.69, 9.17) is 4.74 Å². The minimum absolute atomic E-state index is 0.114. The van der Waals surface area contributed by atoms with Crippen LogP contribution in [0.2, 0.25) is 0 Å². The number of anilines is 1. The Bertz CT molecular complexity index is 1470. The van der Waals surface area contributed by atoms with Crippen LogP contribution in [0.5, 0.6) is 5.75 Å². The lowest BCUT2D eigenvalue weighted by Gasteiger charge is -2.25. The van der Waals surface area contributed by atoms with E-state index in [-0.39, 0.29) is 23.8 Å². The molecule has 1 amide bonds. The average Bonchev–Trinajstić information content (AvgIpc) is 2.90. The number of benzene rings is 4. The minimum atomic E-state index is -3.97. The molecule has 0 unspecified atom stereocenters. The predicted octanol–water partition coefficient (Wildman–Crippen LogP) is 5.53. The molecular weight excluding hydrogens is 503 g/mol. The van der Waals surface area contributed by atoms with Gasteiger partial charge in [-0.05, 0) is 84.6 Å². The predicted molar refractivity (Wildman–Crippen MR) is 146 cm³/mol. The highest BCUT2D eigenvalue weighted by molar-refractivity contribution is 7.92. The molecule has 0 saturated heterocycles. The van der Waals surface area contributed by atoms with Gasteiger partial charge in [-0.1, -0.05) is 48.5 Å². The van der Waals surface area contributed by atoms with Crippen molar-refractivity contribution in [2.24, 2.45) is 0 Å². The molecule has 4 aromatic carbocycles. The van der Waals surface area contributed by atoms with Crippen molar-refractivity contribution >= 4 is 21.6 Å². The lowest BCUT2D eigenvalue weighted by atomic mass is 10.1.